The summed E-state index contributed by atoms with van der Waals surface area (Å²) in [5.74, 6) is -1.11. The Bertz CT molecular complexity index is 283. The summed E-state index contributed by atoms with van der Waals surface area (Å²) in [6.45, 7) is 6.45. The van der Waals surface area contributed by atoms with Gasteiger partial charge in [0.05, 0.1) is 0 Å². The van der Waals surface area contributed by atoms with Gasteiger partial charge in [-0.25, -0.2) is 4.39 Å². The first-order valence-corrected chi connectivity index (χ1v) is 6.06. The SMILES string of the molecule is CCN1CCN(C(=O)/C(F)=C/CN(C)C)CC1. The fourth-order valence-corrected chi connectivity index (χ4v) is 1.77. The van der Waals surface area contributed by atoms with Crippen molar-refractivity contribution in [2.75, 3.05) is 53.4 Å². The number of hydrogen-bond acceptors (Lipinski definition) is 3. The zero-order valence-electron chi connectivity index (χ0n) is 10.9. The molecule has 1 aliphatic heterocycles. The van der Waals surface area contributed by atoms with E-state index in [1.807, 2.05) is 19.0 Å². The van der Waals surface area contributed by atoms with Gasteiger partial charge in [-0.15, -0.1) is 0 Å². The van der Waals surface area contributed by atoms with Gasteiger partial charge in [0.15, 0.2) is 5.83 Å². The van der Waals surface area contributed by atoms with Crippen LogP contribution in [0.1, 0.15) is 6.92 Å². The molecule has 0 spiro atoms. The summed E-state index contributed by atoms with van der Waals surface area (Å²) in [6, 6.07) is 0. The van der Waals surface area contributed by atoms with Gasteiger partial charge in [-0.1, -0.05) is 6.92 Å². The van der Waals surface area contributed by atoms with Crippen molar-refractivity contribution in [2.45, 2.75) is 6.92 Å². The molecule has 4 nitrogen and oxygen atoms in total. The van der Waals surface area contributed by atoms with Crippen LogP contribution in [0.2, 0.25) is 0 Å². The molecule has 0 radical (unpaired) electrons. The molecule has 0 aromatic carbocycles. The van der Waals surface area contributed by atoms with E-state index in [-0.39, 0.29) is 0 Å². The smallest absolute Gasteiger partial charge is 0.282 e. The lowest BCUT2D eigenvalue weighted by molar-refractivity contribution is -0.130. The summed E-state index contributed by atoms with van der Waals surface area (Å²) in [4.78, 5) is 17.4. The van der Waals surface area contributed by atoms with E-state index < -0.39 is 11.7 Å². The number of piperazine rings is 1. The molecule has 0 aromatic rings. The maximum Gasteiger partial charge on any atom is 0.282 e. The molecule has 1 fully saturated rings. The van der Waals surface area contributed by atoms with E-state index in [2.05, 4.69) is 11.8 Å². The number of amides is 1. The summed E-state index contributed by atoms with van der Waals surface area (Å²) in [6.07, 6.45) is 1.34. The van der Waals surface area contributed by atoms with E-state index >= 15 is 0 Å². The molecule has 0 atom stereocenters. The molecule has 0 unspecified atom stereocenters. The average molecular weight is 243 g/mol. The van der Waals surface area contributed by atoms with Crippen LogP contribution in [-0.4, -0.2) is 74.0 Å². The lowest BCUT2D eigenvalue weighted by Crippen LogP contribution is -2.48. The summed E-state index contributed by atoms with van der Waals surface area (Å²) in [5.41, 5.74) is 0. The van der Waals surface area contributed by atoms with E-state index in [4.69, 9.17) is 0 Å². The second kappa shape index (κ2) is 6.71. The molecule has 5 heteroatoms. The maximum absolute atomic E-state index is 13.5. The fourth-order valence-electron chi connectivity index (χ4n) is 1.77. The molecule has 1 rings (SSSR count). The first-order chi connectivity index (χ1) is 8.04. The van der Waals surface area contributed by atoms with Crippen LogP contribution in [0.5, 0.6) is 0 Å². The minimum absolute atomic E-state index is 0.451. The Kier molecular flexibility index (Phi) is 5.58. The van der Waals surface area contributed by atoms with E-state index in [0.29, 0.717) is 19.6 Å². The Balaban J connectivity index is 2.45. The molecule has 1 saturated heterocycles. The Hall–Kier alpha value is -0.940. The van der Waals surface area contributed by atoms with Crippen LogP contribution >= 0.6 is 0 Å². The van der Waals surface area contributed by atoms with Crippen molar-refractivity contribution in [3.63, 3.8) is 0 Å². The molecule has 98 valence electrons. The zero-order valence-corrected chi connectivity index (χ0v) is 10.9. The van der Waals surface area contributed by atoms with Gasteiger partial charge < -0.3 is 14.7 Å². The predicted molar refractivity (Wildman–Crippen MR) is 66.4 cm³/mol. The monoisotopic (exact) mass is 243 g/mol. The number of likely N-dealkylation sites (N-methyl/N-ethyl adjacent to an activating group) is 2. The second-order valence-electron chi connectivity index (χ2n) is 4.54. The van der Waals surface area contributed by atoms with Crippen LogP contribution < -0.4 is 0 Å². The Morgan fingerprint density at radius 2 is 1.88 bits per heavy atom. The van der Waals surface area contributed by atoms with Crippen molar-refractivity contribution in [3.05, 3.63) is 11.9 Å². The number of hydrogen-bond donors (Lipinski definition) is 0. The molecule has 0 N–H and O–H groups in total. The molecular weight excluding hydrogens is 221 g/mol. The van der Waals surface area contributed by atoms with Crippen molar-refractivity contribution < 1.29 is 9.18 Å². The van der Waals surface area contributed by atoms with Crippen LogP contribution in [0.4, 0.5) is 4.39 Å². The van der Waals surface area contributed by atoms with Crippen molar-refractivity contribution in [1.82, 2.24) is 14.7 Å². The number of carbonyl (C=O) groups is 1. The third kappa shape index (κ3) is 4.44. The quantitative estimate of drug-likeness (QED) is 0.675. The van der Waals surface area contributed by atoms with Gasteiger partial charge >= 0.3 is 0 Å². The largest absolute Gasteiger partial charge is 0.334 e. The molecular formula is C12H22FN3O. The maximum atomic E-state index is 13.5. The number of halogens is 1. The van der Waals surface area contributed by atoms with Crippen molar-refractivity contribution >= 4 is 5.91 Å². The highest BCUT2D eigenvalue weighted by Gasteiger charge is 2.22. The minimum Gasteiger partial charge on any atom is -0.334 e. The third-order valence-electron chi connectivity index (χ3n) is 2.95. The van der Waals surface area contributed by atoms with Crippen LogP contribution in [0.15, 0.2) is 11.9 Å². The molecule has 17 heavy (non-hydrogen) atoms. The molecule has 0 bridgehead atoms. The summed E-state index contributed by atoms with van der Waals surface area (Å²) >= 11 is 0. The topological polar surface area (TPSA) is 26.8 Å². The average Bonchev–Trinajstić information content (AvgIpc) is 2.35. The Morgan fingerprint density at radius 3 is 2.35 bits per heavy atom. The molecule has 0 aliphatic carbocycles. The highest BCUT2D eigenvalue weighted by atomic mass is 19.1. The predicted octanol–water partition coefficient (Wildman–Crippen LogP) is 0.565. The molecule has 1 aliphatic rings. The van der Waals surface area contributed by atoms with Crippen molar-refractivity contribution in [3.8, 4) is 0 Å². The van der Waals surface area contributed by atoms with Gasteiger partial charge in [-0.2, -0.15) is 0 Å². The van der Waals surface area contributed by atoms with Crippen LogP contribution in [0.3, 0.4) is 0 Å². The summed E-state index contributed by atoms with van der Waals surface area (Å²) in [5, 5.41) is 0. The van der Waals surface area contributed by atoms with Crippen molar-refractivity contribution in [1.29, 1.82) is 0 Å². The van der Waals surface area contributed by atoms with E-state index in [9.17, 15) is 9.18 Å². The zero-order chi connectivity index (χ0) is 12.8. The normalized spacial score (nSPS) is 18.9. The third-order valence-corrected chi connectivity index (χ3v) is 2.95. The van der Waals surface area contributed by atoms with Gasteiger partial charge in [-0.05, 0) is 26.7 Å². The molecule has 1 amide bonds. The molecule has 0 aromatic heterocycles. The summed E-state index contributed by atoms with van der Waals surface area (Å²) in [7, 11) is 3.68. The van der Waals surface area contributed by atoms with Gasteiger partial charge in [0.25, 0.3) is 5.91 Å². The highest BCUT2D eigenvalue weighted by molar-refractivity contribution is 5.91. The van der Waals surface area contributed by atoms with Crippen LogP contribution in [-0.2, 0) is 4.79 Å². The lowest BCUT2D eigenvalue weighted by atomic mass is 10.3. The van der Waals surface area contributed by atoms with Crippen LogP contribution in [0.25, 0.3) is 0 Å². The Morgan fingerprint density at radius 1 is 1.29 bits per heavy atom. The summed E-state index contributed by atoms with van der Waals surface area (Å²) < 4.78 is 13.5. The van der Waals surface area contributed by atoms with E-state index in [1.165, 1.54) is 6.08 Å². The highest BCUT2D eigenvalue weighted by Crippen LogP contribution is 2.08. The van der Waals surface area contributed by atoms with Crippen LogP contribution in [0, 0.1) is 0 Å². The molecule has 1 heterocycles. The Labute approximate surface area is 103 Å². The van der Waals surface area contributed by atoms with Gasteiger partial charge in [0.1, 0.15) is 0 Å². The second-order valence-corrected chi connectivity index (χ2v) is 4.54. The first kappa shape index (κ1) is 14.1. The first-order valence-electron chi connectivity index (χ1n) is 6.06. The minimum atomic E-state index is -0.636. The van der Waals surface area contributed by atoms with E-state index in [1.54, 1.807) is 4.90 Å². The number of nitrogens with zero attached hydrogens (tertiary/aromatic N) is 3. The van der Waals surface area contributed by atoms with E-state index in [0.717, 1.165) is 19.6 Å². The number of rotatable bonds is 4. The van der Waals surface area contributed by atoms with Gasteiger partial charge in [-0.3, -0.25) is 4.79 Å². The molecule has 0 saturated carbocycles. The fraction of sp³-hybridized carbons (Fsp3) is 0.750. The van der Waals surface area contributed by atoms with Crippen molar-refractivity contribution in [2.24, 2.45) is 0 Å². The van der Waals surface area contributed by atoms with Gasteiger partial charge in [0, 0.05) is 32.7 Å². The van der Waals surface area contributed by atoms with Gasteiger partial charge in [0.2, 0.25) is 0 Å². The standard InChI is InChI=1S/C12H22FN3O/c1-4-15-7-9-16(10-8-15)12(17)11(13)5-6-14(2)3/h5H,4,6-10H2,1-3H3/b11-5-. The lowest BCUT2D eigenvalue weighted by Gasteiger charge is -2.33. The number of carbonyl (C=O) groups excluding carboxylic acids is 1.